The van der Waals surface area contributed by atoms with Crippen LogP contribution in [0.2, 0.25) is 0 Å². The molecule has 0 radical (unpaired) electrons. The number of hydrogen-bond donors (Lipinski definition) is 1. The fourth-order valence-electron chi connectivity index (χ4n) is 5.09. The van der Waals surface area contributed by atoms with E-state index >= 15 is 4.39 Å². The fourth-order valence-corrected chi connectivity index (χ4v) is 5.09. The first-order chi connectivity index (χ1) is 16.5. The third kappa shape index (κ3) is 6.11. The van der Waals surface area contributed by atoms with E-state index in [1.54, 1.807) is 31.8 Å². The molecule has 3 heterocycles. The number of methoxy groups -OCH3 is 1. The number of benzene rings is 1. The van der Waals surface area contributed by atoms with Crippen molar-refractivity contribution in [1.82, 2.24) is 14.9 Å². The summed E-state index contributed by atoms with van der Waals surface area (Å²) in [6.07, 6.45) is 7.43. The minimum Gasteiger partial charge on any atom is -0.497 e. The summed E-state index contributed by atoms with van der Waals surface area (Å²) in [5.74, 6) is 0.827. The van der Waals surface area contributed by atoms with Crippen molar-refractivity contribution in [3.05, 3.63) is 54.4 Å². The minimum absolute atomic E-state index is 0.0227. The molecular formula is C26H32FN3O4. The number of likely N-dealkylation sites (tertiary alicyclic amines) is 1. The SMILES string of the molecule is COc1ccc2nccc([C@H](F)CC[C@@H]3CCN(CCCc4ncco4)C[C@@H]3CC(=O)O)c2c1. The smallest absolute Gasteiger partial charge is 0.303 e. The first-order valence-corrected chi connectivity index (χ1v) is 11.9. The van der Waals surface area contributed by atoms with Gasteiger partial charge in [-0.3, -0.25) is 9.78 Å². The molecule has 0 amide bonds. The first-order valence-electron chi connectivity index (χ1n) is 11.9. The second-order valence-electron chi connectivity index (χ2n) is 9.06. The van der Waals surface area contributed by atoms with E-state index in [1.165, 1.54) is 0 Å². The molecule has 1 saturated heterocycles. The second kappa shape index (κ2) is 11.4. The Kier molecular flexibility index (Phi) is 8.11. The summed E-state index contributed by atoms with van der Waals surface area (Å²) in [5, 5.41) is 10.2. The average Bonchev–Trinajstić information content (AvgIpc) is 3.36. The van der Waals surface area contributed by atoms with E-state index in [2.05, 4.69) is 14.9 Å². The lowest BCUT2D eigenvalue weighted by atomic mass is 9.79. The van der Waals surface area contributed by atoms with Crippen molar-refractivity contribution >= 4 is 16.9 Å². The molecule has 0 bridgehead atoms. The summed E-state index contributed by atoms with van der Waals surface area (Å²) >= 11 is 0. The number of nitrogens with zero attached hydrogens (tertiary/aromatic N) is 3. The standard InChI is InChI=1S/C26H32FN3O4/c1-33-20-5-7-24-22(16-20)21(8-10-28-24)23(27)6-4-18-9-13-30(17-19(18)15-26(31)32)12-2-3-25-29-11-14-34-25/h5,7-8,10-11,14,16,18-19,23H,2-4,6,9,12-13,15,17H2,1H3,(H,31,32)/t18-,19+,23-/m1/s1. The van der Waals surface area contributed by atoms with E-state index in [0.29, 0.717) is 24.2 Å². The second-order valence-corrected chi connectivity index (χ2v) is 9.06. The van der Waals surface area contributed by atoms with Gasteiger partial charge >= 0.3 is 5.97 Å². The summed E-state index contributed by atoms with van der Waals surface area (Å²) in [6.45, 7) is 2.51. The Balaban J connectivity index is 1.35. The average molecular weight is 470 g/mol. The highest BCUT2D eigenvalue weighted by Crippen LogP contribution is 2.36. The molecule has 2 aromatic heterocycles. The largest absolute Gasteiger partial charge is 0.497 e. The summed E-state index contributed by atoms with van der Waals surface area (Å²) in [5.41, 5.74) is 1.35. The van der Waals surface area contributed by atoms with Gasteiger partial charge in [0.05, 0.1) is 18.8 Å². The van der Waals surface area contributed by atoms with Crippen molar-refractivity contribution in [2.45, 2.75) is 44.7 Å². The molecular weight excluding hydrogens is 437 g/mol. The zero-order chi connectivity index (χ0) is 23.9. The van der Waals surface area contributed by atoms with E-state index in [-0.39, 0.29) is 18.3 Å². The molecule has 3 aromatic rings. The lowest BCUT2D eigenvalue weighted by molar-refractivity contribution is -0.139. The van der Waals surface area contributed by atoms with E-state index in [0.717, 1.165) is 55.7 Å². The number of alkyl halides is 1. The zero-order valence-corrected chi connectivity index (χ0v) is 19.5. The van der Waals surface area contributed by atoms with Gasteiger partial charge in [0, 0.05) is 31.0 Å². The Morgan fingerprint density at radius 2 is 2.18 bits per heavy atom. The number of carbonyl (C=O) groups is 1. The van der Waals surface area contributed by atoms with Gasteiger partial charge in [0.25, 0.3) is 0 Å². The normalized spacial score (nSPS) is 19.8. The molecule has 1 N–H and O–H groups in total. The van der Waals surface area contributed by atoms with Crippen LogP contribution in [-0.2, 0) is 11.2 Å². The maximum absolute atomic E-state index is 15.4. The molecule has 0 saturated carbocycles. The van der Waals surface area contributed by atoms with Crippen molar-refractivity contribution < 1.29 is 23.4 Å². The highest BCUT2D eigenvalue weighted by Gasteiger charge is 2.31. The number of aromatic nitrogens is 2. The van der Waals surface area contributed by atoms with Crippen molar-refractivity contribution in [1.29, 1.82) is 0 Å². The molecule has 4 rings (SSSR count). The van der Waals surface area contributed by atoms with E-state index in [9.17, 15) is 9.90 Å². The van der Waals surface area contributed by atoms with Crippen LogP contribution < -0.4 is 4.74 Å². The van der Waals surface area contributed by atoms with Crippen LogP contribution in [0.25, 0.3) is 10.9 Å². The van der Waals surface area contributed by atoms with Crippen molar-refractivity contribution in [2.75, 3.05) is 26.7 Å². The van der Waals surface area contributed by atoms with Crippen molar-refractivity contribution in [3.63, 3.8) is 0 Å². The number of aliphatic carboxylic acids is 1. The number of oxazole rings is 1. The Morgan fingerprint density at radius 1 is 1.29 bits per heavy atom. The molecule has 34 heavy (non-hydrogen) atoms. The van der Waals surface area contributed by atoms with Crippen LogP contribution in [0.15, 0.2) is 47.3 Å². The lowest BCUT2D eigenvalue weighted by Gasteiger charge is -2.38. The fraction of sp³-hybridized carbons (Fsp3) is 0.500. The summed E-state index contributed by atoms with van der Waals surface area (Å²) in [4.78, 5) is 22.3. The quantitative estimate of drug-likeness (QED) is 0.419. The number of rotatable bonds is 11. The zero-order valence-electron chi connectivity index (χ0n) is 19.5. The number of carboxylic acids is 1. The number of ether oxygens (including phenoxy) is 1. The maximum Gasteiger partial charge on any atom is 0.303 e. The van der Waals surface area contributed by atoms with E-state index in [4.69, 9.17) is 9.15 Å². The Hall–Kier alpha value is -3.00. The molecule has 0 unspecified atom stereocenters. The Bertz CT molecular complexity index is 1080. The molecule has 0 aliphatic carbocycles. The molecule has 182 valence electrons. The van der Waals surface area contributed by atoms with Crippen LogP contribution in [0.5, 0.6) is 5.75 Å². The lowest BCUT2D eigenvalue weighted by Crippen LogP contribution is -2.42. The van der Waals surface area contributed by atoms with Gasteiger partial charge in [-0.2, -0.15) is 0 Å². The molecule has 1 fully saturated rings. The summed E-state index contributed by atoms with van der Waals surface area (Å²) < 4.78 is 26.0. The summed E-state index contributed by atoms with van der Waals surface area (Å²) in [7, 11) is 1.59. The van der Waals surface area contributed by atoms with Crippen LogP contribution in [0.3, 0.4) is 0 Å². The van der Waals surface area contributed by atoms with Crippen LogP contribution in [0.1, 0.15) is 49.7 Å². The number of aryl methyl sites for hydroxylation is 1. The number of pyridine rings is 1. The van der Waals surface area contributed by atoms with Gasteiger partial charge in [0.1, 0.15) is 18.2 Å². The van der Waals surface area contributed by atoms with Crippen LogP contribution in [0, 0.1) is 11.8 Å². The van der Waals surface area contributed by atoms with Crippen LogP contribution in [-0.4, -0.2) is 52.7 Å². The maximum atomic E-state index is 15.4. The van der Waals surface area contributed by atoms with E-state index in [1.807, 2.05) is 18.2 Å². The third-order valence-electron chi connectivity index (χ3n) is 6.87. The topological polar surface area (TPSA) is 88.7 Å². The van der Waals surface area contributed by atoms with Gasteiger partial charge in [0.15, 0.2) is 5.89 Å². The first kappa shape index (κ1) is 24.1. The highest BCUT2D eigenvalue weighted by atomic mass is 19.1. The van der Waals surface area contributed by atoms with Gasteiger partial charge in [-0.1, -0.05) is 0 Å². The number of carboxylic acid groups (broad SMARTS) is 1. The minimum atomic E-state index is -1.14. The molecule has 7 nitrogen and oxygen atoms in total. The number of fused-ring (bicyclic) bond motifs is 1. The van der Waals surface area contributed by atoms with Crippen molar-refractivity contribution in [3.8, 4) is 5.75 Å². The summed E-state index contributed by atoms with van der Waals surface area (Å²) in [6, 6.07) is 7.22. The predicted molar refractivity (Wildman–Crippen MR) is 126 cm³/mol. The number of hydrogen-bond acceptors (Lipinski definition) is 6. The van der Waals surface area contributed by atoms with E-state index < -0.39 is 12.1 Å². The van der Waals surface area contributed by atoms with Crippen molar-refractivity contribution in [2.24, 2.45) is 11.8 Å². The van der Waals surface area contributed by atoms with Gasteiger partial charge < -0.3 is 19.2 Å². The Labute approximate surface area is 199 Å². The third-order valence-corrected chi connectivity index (χ3v) is 6.87. The van der Waals surface area contributed by atoms with Gasteiger partial charge in [-0.05, 0) is 80.4 Å². The van der Waals surface area contributed by atoms with Crippen LogP contribution >= 0.6 is 0 Å². The van der Waals surface area contributed by atoms with Gasteiger partial charge in [0.2, 0.25) is 0 Å². The molecule has 1 aliphatic rings. The molecule has 3 atom stereocenters. The van der Waals surface area contributed by atoms with Crippen LogP contribution in [0.4, 0.5) is 4.39 Å². The number of piperidine rings is 1. The van der Waals surface area contributed by atoms with Gasteiger partial charge in [-0.25, -0.2) is 9.37 Å². The number of halogens is 1. The molecule has 1 aromatic carbocycles. The molecule has 8 heteroatoms. The highest BCUT2D eigenvalue weighted by molar-refractivity contribution is 5.83. The molecule has 0 spiro atoms. The van der Waals surface area contributed by atoms with Gasteiger partial charge in [-0.15, -0.1) is 0 Å². The molecule has 1 aliphatic heterocycles. The Morgan fingerprint density at radius 3 is 2.94 bits per heavy atom. The monoisotopic (exact) mass is 469 g/mol. The predicted octanol–water partition coefficient (Wildman–Crippen LogP) is 5.07.